The van der Waals surface area contributed by atoms with Crippen molar-refractivity contribution in [3.8, 4) is 17.2 Å². The number of halogens is 1. The molecule has 2 aromatic rings. The number of hydrogen-bond acceptors (Lipinski definition) is 6. The summed E-state index contributed by atoms with van der Waals surface area (Å²) in [6.07, 6.45) is 1.38. The molecule has 2 N–H and O–H groups in total. The molecule has 0 saturated heterocycles. The van der Waals surface area contributed by atoms with Gasteiger partial charge in [-0.3, -0.25) is 9.59 Å². The number of hydrazone groups is 1. The van der Waals surface area contributed by atoms with Crippen LogP contribution < -0.4 is 25.0 Å². The van der Waals surface area contributed by atoms with Crippen molar-refractivity contribution >= 4 is 35.3 Å². The monoisotopic (exact) mass is 375 g/mol. The van der Waals surface area contributed by atoms with E-state index in [-0.39, 0.29) is 12.5 Å². The van der Waals surface area contributed by atoms with Gasteiger partial charge in [0, 0.05) is 5.02 Å². The first-order valence-corrected chi connectivity index (χ1v) is 7.82. The molecule has 2 amide bonds. The molecule has 3 rings (SSSR count). The number of nitrogens with one attached hydrogen (secondary N) is 2. The lowest BCUT2D eigenvalue weighted by atomic mass is 10.2. The van der Waals surface area contributed by atoms with E-state index in [1.54, 1.807) is 30.3 Å². The van der Waals surface area contributed by atoms with Crippen molar-refractivity contribution in [2.75, 3.05) is 19.2 Å². The van der Waals surface area contributed by atoms with E-state index in [1.165, 1.54) is 19.4 Å². The van der Waals surface area contributed by atoms with Crippen LogP contribution in [0.25, 0.3) is 0 Å². The third kappa shape index (κ3) is 4.04. The minimum atomic E-state index is -0.941. The molecule has 1 aliphatic heterocycles. The number of benzene rings is 2. The zero-order chi connectivity index (χ0) is 18.5. The molecule has 2 aromatic carbocycles. The fraction of sp³-hybridized carbons (Fsp3) is 0.118. The smallest absolute Gasteiger partial charge is 0.329 e. The predicted molar refractivity (Wildman–Crippen MR) is 94.9 cm³/mol. The van der Waals surface area contributed by atoms with Crippen molar-refractivity contribution in [1.29, 1.82) is 0 Å². The molecule has 9 heteroatoms. The first kappa shape index (κ1) is 17.6. The van der Waals surface area contributed by atoms with E-state index in [9.17, 15) is 9.59 Å². The van der Waals surface area contributed by atoms with Gasteiger partial charge in [-0.05, 0) is 42.0 Å². The topological polar surface area (TPSA) is 98.2 Å². The van der Waals surface area contributed by atoms with Crippen LogP contribution in [0, 0.1) is 0 Å². The van der Waals surface area contributed by atoms with E-state index in [0.29, 0.717) is 27.8 Å². The van der Waals surface area contributed by atoms with Crippen molar-refractivity contribution in [3.63, 3.8) is 0 Å². The van der Waals surface area contributed by atoms with Gasteiger partial charge in [0.15, 0.2) is 11.5 Å². The van der Waals surface area contributed by atoms with Crippen LogP contribution in [-0.2, 0) is 9.59 Å². The Morgan fingerprint density at radius 2 is 1.96 bits per heavy atom. The molecular weight excluding hydrogens is 362 g/mol. The molecule has 134 valence electrons. The molecule has 0 atom stereocenters. The van der Waals surface area contributed by atoms with Gasteiger partial charge in [0.1, 0.15) is 5.75 Å². The summed E-state index contributed by atoms with van der Waals surface area (Å²) >= 11 is 5.88. The number of amides is 2. The molecule has 26 heavy (non-hydrogen) atoms. The summed E-state index contributed by atoms with van der Waals surface area (Å²) in [5.74, 6) is -0.246. The van der Waals surface area contributed by atoms with Crippen molar-refractivity contribution < 1.29 is 23.8 Å². The highest BCUT2D eigenvalue weighted by atomic mass is 35.5. The van der Waals surface area contributed by atoms with Crippen LogP contribution in [0.2, 0.25) is 5.02 Å². The van der Waals surface area contributed by atoms with Crippen LogP contribution in [0.4, 0.5) is 5.69 Å². The van der Waals surface area contributed by atoms with Crippen LogP contribution in [-0.4, -0.2) is 31.9 Å². The molecular formula is C17H14ClN3O5. The maximum absolute atomic E-state index is 12.0. The Morgan fingerprint density at radius 1 is 1.15 bits per heavy atom. The average Bonchev–Trinajstić information content (AvgIpc) is 3.09. The maximum atomic E-state index is 12.0. The summed E-state index contributed by atoms with van der Waals surface area (Å²) < 4.78 is 15.5. The van der Waals surface area contributed by atoms with Gasteiger partial charge in [-0.2, -0.15) is 5.10 Å². The van der Waals surface area contributed by atoms with E-state index < -0.39 is 11.8 Å². The van der Waals surface area contributed by atoms with Crippen molar-refractivity contribution in [2.24, 2.45) is 5.10 Å². The van der Waals surface area contributed by atoms with Gasteiger partial charge < -0.3 is 19.5 Å². The molecule has 0 aliphatic carbocycles. The SMILES string of the molecule is COc1ccc(Cl)cc1NC(=O)C(=O)N/N=C\c1ccc2c(c1)OCO2. The highest BCUT2D eigenvalue weighted by molar-refractivity contribution is 6.40. The molecule has 0 radical (unpaired) electrons. The van der Waals surface area contributed by atoms with Crippen molar-refractivity contribution in [3.05, 3.63) is 47.0 Å². The Bertz CT molecular complexity index is 885. The van der Waals surface area contributed by atoms with E-state index in [4.69, 9.17) is 25.8 Å². The Hall–Kier alpha value is -3.26. The molecule has 0 unspecified atom stereocenters. The molecule has 0 spiro atoms. The van der Waals surface area contributed by atoms with Crippen LogP contribution in [0.1, 0.15) is 5.56 Å². The minimum absolute atomic E-state index is 0.166. The predicted octanol–water partition coefficient (Wildman–Crippen LogP) is 2.17. The Labute approximate surface area is 153 Å². The molecule has 0 bridgehead atoms. The van der Waals surface area contributed by atoms with Gasteiger partial charge in [-0.1, -0.05) is 11.6 Å². The van der Waals surface area contributed by atoms with E-state index >= 15 is 0 Å². The van der Waals surface area contributed by atoms with E-state index in [0.717, 1.165) is 0 Å². The number of carbonyl (C=O) groups excluding carboxylic acids is 2. The number of fused-ring (bicyclic) bond motifs is 1. The quantitative estimate of drug-likeness (QED) is 0.485. The summed E-state index contributed by atoms with van der Waals surface area (Å²) in [5.41, 5.74) is 3.09. The van der Waals surface area contributed by atoms with Gasteiger partial charge in [-0.15, -0.1) is 0 Å². The number of nitrogens with zero attached hydrogens (tertiary/aromatic N) is 1. The third-order valence-electron chi connectivity index (χ3n) is 3.39. The molecule has 1 aliphatic rings. The van der Waals surface area contributed by atoms with Crippen LogP contribution in [0.5, 0.6) is 17.2 Å². The largest absolute Gasteiger partial charge is 0.495 e. The summed E-state index contributed by atoms with van der Waals surface area (Å²) in [7, 11) is 1.44. The fourth-order valence-corrected chi connectivity index (χ4v) is 2.34. The van der Waals surface area contributed by atoms with Crippen LogP contribution in [0.3, 0.4) is 0 Å². The number of rotatable bonds is 4. The third-order valence-corrected chi connectivity index (χ3v) is 3.63. The minimum Gasteiger partial charge on any atom is -0.495 e. The second-order valence-corrected chi connectivity index (χ2v) is 5.55. The second-order valence-electron chi connectivity index (χ2n) is 5.11. The number of carbonyl (C=O) groups is 2. The number of anilines is 1. The molecule has 0 aromatic heterocycles. The van der Waals surface area contributed by atoms with Gasteiger partial charge >= 0.3 is 11.8 Å². The van der Waals surface area contributed by atoms with E-state index in [1.807, 2.05) is 0 Å². The van der Waals surface area contributed by atoms with Gasteiger partial charge in [0.05, 0.1) is 19.0 Å². The first-order valence-electron chi connectivity index (χ1n) is 7.44. The second kappa shape index (κ2) is 7.75. The zero-order valence-electron chi connectivity index (χ0n) is 13.6. The van der Waals surface area contributed by atoms with Gasteiger partial charge in [0.25, 0.3) is 0 Å². The Balaban J connectivity index is 1.59. The number of ether oxygens (including phenoxy) is 3. The Morgan fingerprint density at radius 3 is 2.77 bits per heavy atom. The fourth-order valence-electron chi connectivity index (χ4n) is 2.17. The zero-order valence-corrected chi connectivity index (χ0v) is 14.4. The van der Waals surface area contributed by atoms with E-state index in [2.05, 4.69) is 15.8 Å². The maximum Gasteiger partial charge on any atom is 0.329 e. The van der Waals surface area contributed by atoms with Crippen molar-refractivity contribution in [2.45, 2.75) is 0 Å². The number of methoxy groups -OCH3 is 1. The summed E-state index contributed by atoms with van der Waals surface area (Å²) in [5, 5.41) is 6.56. The highest BCUT2D eigenvalue weighted by Gasteiger charge is 2.16. The van der Waals surface area contributed by atoms with Gasteiger partial charge in [0.2, 0.25) is 6.79 Å². The first-order chi connectivity index (χ1) is 12.6. The molecule has 0 fully saturated rings. The standard InChI is InChI=1S/C17H14ClN3O5/c1-24-13-5-3-11(18)7-12(13)20-16(22)17(23)21-19-8-10-2-4-14-15(6-10)26-9-25-14/h2-8H,9H2,1H3,(H,20,22)(H,21,23)/b19-8-. The average molecular weight is 376 g/mol. The normalized spacial score (nSPS) is 12.1. The highest BCUT2D eigenvalue weighted by Crippen LogP contribution is 2.32. The van der Waals surface area contributed by atoms with Crippen LogP contribution in [0.15, 0.2) is 41.5 Å². The molecule has 8 nitrogen and oxygen atoms in total. The molecule has 0 saturated carbocycles. The lowest BCUT2D eigenvalue weighted by Gasteiger charge is -2.09. The summed E-state index contributed by atoms with van der Waals surface area (Å²) in [6.45, 7) is 0.166. The van der Waals surface area contributed by atoms with Crippen LogP contribution >= 0.6 is 11.6 Å². The molecule has 1 heterocycles. The lowest BCUT2D eigenvalue weighted by Crippen LogP contribution is -2.32. The lowest BCUT2D eigenvalue weighted by molar-refractivity contribution is -0.136. The number of hydrogen-bond donors (Lipinski definition) is 2. The summed E-state index contributed by atoms with van der Waals surface area (Å²) in [6, 6.07) is 9.82. The Kier molecular flexibility index (Phi) is 5.23. The van der Waals surface area contributed by atoms with Gasteiger partial charge in [-0.25, -0.2) is 5.43 Å². The summed E-state index contributed by atoms with van der Waals surface area (Å²) in [4.78, 5) is 23.8. The van der Waals surface area contributed by atoms with Crippen molar-refractivity contribution in [1.82, 2.24) is 5.43 Å².